The maximum Gasteiger partial charge on any atom is 0.0634 e. The molecule has 13 rings (SSSR count). The highest BCUT2D eigenvalue weighted by molar-refractivity contribution is 6.46. The summed E-state index contributed by atoms with van der Waals surface area (Å²) in [5, 5.41) is 10.5. The first-order valence-electron chi connectivity index (χ1n) is 26.1. The first-order valence-corrected chi connectivity index (χ1v) is 26.1. The van der Waals surface area contributed by atoms with E-state index in [0.717, 1.165) is 0 Å². The quantitative estimate of drug-likeness (QED) is 0.166. The number of nitrogens with zero attached hydrogens (tertiary/aromatic N) is 2. The largest absolute Gasteiger partial charge is 0.307 e. The number of rotatable bonds is 4. The van der Waals surface area contributed by atoms with Gasteiger partial charge in [-0.25, -0.2) is 0 Å². The van der Waals surface area contributed by atoms with Crippen molar-refractivity contribution < 1.29 is 0 Å². The summed E-state index contributed by atoms with van der Waals surface area (Å²) >= 11 is 0. The molecule has 0 aliphatic rings. The average Bonchev–Trinajstić information content (AvgIpc) is 4.08. The number of para-hydroxylation sites is 2. The average molecular weight is 933 g/mol. The third-order valence-corrected chi connectivity index (χ3v) is 16.1. The zero-order valence-corrected chi connectivity index (χ0v) is 44.1. The standard InChI is InChI=1S/C70H64N2/c1-67(2,3)47-33-45(34-48(39-47)68(4,5)6)43-29-31-53-57(37-43)71-63-51(41-21-15-13-16-22-41)25-19-27-55(63)62-60-54-32-30-44(46-35-49(69(7,8)9)40-50(36-46)70(10,11)12)38-58(54)72-64-52(42-23-17-14-18-24-42)26-20-28-56(64)61(66(60)72)59(53)65(62)71/h13-40H,1-12H3. The van der Waals surface area contributed by atoms with Crippen molar-refractivity contribution in [1.82, 2.24) is 8.80 Å². The van der Waals surface area contributed by atoms with Crippen molar-refractivity contribution in [2.75, 3.05) is 0 Å². The van der Waals surface area contributed by atoms with Crippen molar-refractivity contribution in [3.63, 3.8) is 0 Å². The minimum atomic E-state index is 0.00181. The third kappa shape index (κ3) is 6.53. The highest BCUT2D eigenvalue weighted by Gasteiger charge is 2.31. The molecule has 13 aromatic rings. The summed E-state index contributed by atoms with van der Waals surface area (Å²) in [7, 11) is 0. The van der Waals surface area contributed by atoms with Gasteiger partial charge in [-0.05, 0) is 89.4 Å². The van der Waals surface area contributed by atoms with Gasteiger partial charge in [-0.1, -0.05) is 241 Å². The second kappa shape index (κ2) is 15.1. The lowest BCUT2D eigenvalue weighted by Crippen LogP contribution is -2.16. The van der Waals surface area contributed by atoms with Gasteiger partial charge in [-0.15, -0.1) is 0 Å². The molecule has 0 saturated heterocycles. The van der Waals surface area contributed by atoms with E-state index in [0.29, 0.717) is 0 Å². The van der Waals surface area contributed by atoms with Crippen LogP contribution in [0.4, 0.5) is 0 Å². The van der Waals surface area contributed by atoms with E-state index in [4.69, 9.17) is 0 Å². The second-order valence-electron chi connectivity index (χ2n) is 25.1. The molecule has 0 aliphatic heterocycles. The Balaban J connectivity index is 1.23. The second-order valence-corrected chi connectivity index (χ2v) is 25.1. The zero-order valence-electron chi connectivity index (χ0n) is 44.1. The van der Waals surface area contributed by atoms with Gasteiger partial charge in [0.1, 0.15) is 0 Å². The first-order chi connectivity index (χ1) is 34.3. The maximum absolute atomic E-state index is 2.66. The Morgan fingerprint density at radius 1 is 0.250 bits per heavy atom. The molecule has 9 aromatic carbocycles. The van der Waals surface area contributed by atoms with E-state index >= 15 is 0 Å². The molecule has 0 N–H and O–H groups in total. The maximum atomic E-state index is 2.66. The van der Waals surface area contributed by atoms with E-state index in [-0.39, 0.29) is 21.7 Å². The summed E-state index contributed by atoms with van der Waals surface area (Å²) in [5.74, 6) is 0. The van der Waals surface area contributed by atoms with Crippen LogP contribution in [0.3, 0.4) is 0 Å². The Morgan fingerprint density at radius 3 is 0.917 bits per heavy atom. The normalized spacial score (nSPS) is 13.3. The molecule has 2 nitrogen and oxygen atoms in total. The Bertz CT molecular complexity index is 3970. The van der Waals surface area contributed by atoms with Crippen LogP contribution in [-0.2, 0) is 21.7 Å². The van der Waals surface area contributed by atoms with Crippen LogP contribution < -0.4 is 0 Å². The lowest BCUT2D eigenvalue weighted by molar-refractivity contribution is 0.568. The van der Waals surface area contributed by atoms with Gasteiger partial charge in [0.25, 0.3) is 0 Å². The Hall–Kier alpha value is -7.42. The molecule has 0 bridgehead atoms. The van der Waals surface area contributed by atoms with Crippen LogP contribution in [0.1, 0.15) is 105 Å². The van der Waals surface area contributed by atoms with Gasteiger partial charge in [0.15, 0.2) is 0 Å². The molecule has 72 heavy (non-hydrogen) atoms. The van der Waals surface area contributed by atoms with Gasteiger partial charge in [0.05, 0.1) is 33.1 Å². The Kier molecular flexibility index (Phi) is 9.31. The molecule has 0 amide bonds. The van der Waals surface area contributed by atoms with Crippen LogP contribution in [0.15, 0.2) is 170 Å². The van der Waals surface area contributed by atoms with Crippen molar-refractivity contribution in [1.29, 1.82) is 0 Å². The lowest BCUT2D eigenvalue weighted by Gasteiger charge is -2.26. The number of aromatic nitrogens is 2. The number of hydrogen-bond acceptors (Lipinski definition) is 0. The molecule has 0 saturated carbocycles. The van der Waals surface area contributed by atoms with Crippen LogP contribution in [0.25, 0.3) is 121 Å². The van der Waals surface area contributed by atoms with Crippen molar-refractivity contribution >= 4 is 76.2 Å². The highest BCUT2D eigenvalue weighted by Crippen LogP contribution is 2.54. The summed E-state index contributed by atoms with van der Waals surface area (Å²) in [5.41, 5.74) is 23.0. The van der Waals surface area contributed by atoms with Crippen LogP contribution >= 0.6 is 0 Å². The molecule has 0 atom stereocenters. The molecule has 0 radical (unpaired) electrons. The smallest absolute Gasteiger partial charge is 0.0634 e. The van der Waals surface area contributed by atoms with Gasteiger partial charge in [0, 0.05) is 54.2 Å². The van der Waals surface area contributed by atoms with Gasteiger partial charge in [-0.3, -0.25) is 0 Å². The minimum Gasteiger partial charge on any atom is -0.307 e. The topological polar surface area (TPSA) is 8.82 Å². The number of hydrogen-bond donors (Lipinski definition) is 0. The van der Waals surface area contributed by atoms with Crippen LogP contribution in [0.2, 0.25) is 0 Å². The van der Waals surface area contributed by atoms with Crippen LogP contribution in [0, 0.1) is 0 Å². The molecule has 354 valence electrons. The number of fused-ring (bicyclic) bond motifs is 14. The van der Waals surface area contributed by atoms with Gasteiger partial charge >= 0.3 is 0 Å². The van der Waals surface area contributed by atoms with E-state index in [1.807, 2.05) is 0 Å². The van der Waals surface area contributed by atoms with Crippen molar-refractivity contribution in [3.8, 4) is 44.5 Å². The molecular formula is C70H64N2. The Labute approximate surface area is 424 Å². The molecule has 2 heteroatoms. The Morgan fingerprint density at radius 2 is 0.583 bits per heavy atom. The summed E-state index contributed by atoms with van der Waals surface area (Å²) < 4.78 is 5.33. The molecule has 4 heterocycles. The van der Waals surface area contributed by atoms with E-state index in [9.17, 15) is 0 Å². The van der Waals surface area contributed by atoms with Crippen LogP contribution in [0.5, 0.6) is 0 Å². The molecular weight excluding hydrogens is 869 g/mol. The van der Waals surface area contributed by atoms with Gasteiger partial charge in [0.2, 0.25) is 0 Å². The van der Waals surface area contributed by atoms with E-state index in [1.165, 1.54) is 143 Å². The monoisotopic (exact) mass is 933 g/mol. The molecule has 0 fully saturated rings. The predicted octanol–water partition coefficient (Wildman–Crippen LogP) is 19.8. The molecule has 0 aliphatic carbocycles. The summed E-state index contributed by atoms with van der Waals surface area (Å²) in [6.45, 7) is 28.1. The predicted molar refractivity (Wildman–Crippen MR) is 312 cm³/mol. The summed E-state index contributed by atoms with van der Waals surface area (Å²) in [6.07, 6.45) is 0. The van der Waals surface area contributed by atoms with E-state index < -0.39 is 0 Å². The first kappa shape index (κ1) is 44.5. The van der Waals surface area contributed by atoms with Crippen LogP contribution in [-0.4, -0.2) is 8.80 Å². The van der Waals surface area contributed by atoms with Crippen molar-refractivity contribution in [2.24, 2.45) is 0 Å². The van der Waals surface area contributed by atoms with Gasteiger partial charge < -0.3 is 8.80 Å². The lowest BCUT2D eigenvalue weighted by atomic mass is 9.79. The zero-order chi connectivity index (χ0) is 50.0. The van der Waals surface area contributed by atoms with E-state index in [1.54, 1.807) is 0 Å². The fraction of sp³-hybridized carbons (Fsp3) is 0.229. The minimum absolute atomic E-state index is 0.00181. The van der Waals surface area contributed by atoms with E-state index in [2.05, 4.69) is 262 Å². The highest BCUT2D eigenvalue weighted by atomic mass is 14.9. The third-order valence-electron chi connectivity index (χ3n) is 16.1. The molecule has 4 aromatic heterocycles. The summed E-state index contributed by atoms with van der Waals surface area (Å²) in [6, 6.07) is 65.5. The van der Waals surface area contributed by atoms with Gasteiger partial charge in [-0.2, -0.15) is 0 Å². The molecule has 0 unspecified atom stereocenters. The fourth-order valence-corrected chi connectivity index (χ4v) is 12.1. The van der Waals surface area contributed by atoms with Crippen molar-refractivity contribution in [2.45, 2.75) is 105 Å². The molecule has 0 spiro atoms. The number of benzene rings is 9. The fourth-order valence-electron chi connectivity index (χ4n) is 12.1. The summed E-state index contributed by atoms with van der Waals surface area (Å²) in [4.78, 5) is 0. The SMILES string of the molecule is CC(C)(C)c1cc(-c2ccc3c4c5c6cccc(-c7ccccc7)c6n6c7cc(-c8cc(C(C)(C)C)cc(C(C)(C)C)c8)ccc7c(c7c8cccc(-c9ccccc9)c8n(c3c2)c47)c56)cc(C(C)(C)C)c1. The van der Waals surface area contributed by atoms with Crippen molar-refractivity contribution in [3.05, 3.63) is 192 Å².